The van der Waals surface area contributed by atoms with Crippen LogP contribution in [0.25, 0.3) is 0 Å². The normalized spacial score (nSPS) is 27.0. The number of carbonyl (C=O) groups is 2. The Balaban J connectivity index is 1.60. The monoisotopic (exact) mass is 345 g/mol. The molecule has 1 saturated heterocycles. The molecule has 2 bridgehead atoms. The first-order valence-electron chi connectivity index (χ1n) is 8.82. The van der Waals surface area contributed by atoms with Gasteiger partial charge in [-0.3, -0.25) is 4.79 Å². The first-order valence-corrected chi connectivity index (χ1v) is 8.82. The highest BCUT2D eigenvalue weighted by Gasteiger charge is 2.50. The van der Waals surface area contributed by atoms with E-state index in [-0.39, 0.29) is 29.4 Å². The molecule has 0 radical (unpaired) electrons. The van der Waals surface area contributed by atoms with Crippen LogP contribution in [0.5, 0.6) is 5.75 Å². The maximum absolute atomic E-state index is 12.6. The van der Waals surface area contributed by atoms with Gasteiger partial charge < -0.3 is 14.4 Å². The second kappa shape index (κ2) is 6.36. The number of esters is 1. The zero-order chi connectivity index (χ0) is 18.2. The Labute approximate surface area is 149 Å². The van der Waals surface area contributed by atoms with Gasteiger partial charge in [0.25, 0.3) is 5.91 Å². The summed E-state index contributed by atoms with van der Waals surface area (Å²) in [6.45, 7) is 7.36. The number of fused-ring (bicyclic) bond motifs is 2. The van der Waals surface area contributed by atoms with Gasteiger partial charge in [-0.05, 0) is 48.3 Å². The summed E-state index contributed by atoms with van der Waals surface area (Å²) in [7, 11) is 1.54. The standard InChI is InChI=1S/C20H27NO4/c1-19(2)9-15-10-20(3,12-19)13-21(15)17(22)11-25-18(23)14-6-5-7-16(8-14)24-4/h5-8,15H,9-13H2,1-4H3. The molecule has 1 aromatic rings. The zero-order valence-corrected chi connectivity index (χ0v) is 15.5. The number of hydrogen-bond donors (Lipinski definition) is 0. The summed E-state index contributed by atoms with van der Waals surface area (Å²) >= 11 is 0. The van der Waals surface area contributed by atoms with Gasteiger partial charge in [-0.2, -0.15) is 0 Å². The van der Waals surface area contributed by atoms with E-state index >= 15 is 0 Å². The third-order valence-electron chi connectivity index (χ3n) is 5.37. The molecule has 1 heterocycles. The SMILES string of the molecule is COc1cccc(C(=O)OCC(=O)N2CC3(C)CC2CC(C)(C)C3)c1. The molecule has 0 N–H and O–H groups in total. The van der Waals surface area contributed by atoms with Crippen molar-refractivity contribution in [2.75, 3.05) is 20.3 Å². The van der Waals surface area contributed by atoms with Gasteiger partial charge in [0.2, 0.25) is 0 Å². The molecule has 3 rings (SSSR count). The Morgan fingerprint density at radius 1 is 1.24 bits per heavy atom. The van der Waals surface area contributed by atoms with Gasteiger partial charge >= 0.3 is 5.97 Å². The molecule has 1 amide bonds. The number of nitrogens with zero attached hydrogens (tertiary/aromatic N) is 1. The maximum Gasteiger partial charge on any atom is 0.338 e. The van der Waals surface area contributed by atoms with E-state index in [0.29, 0.717) is 11.3 Å². The van der Waals surface area contributed by atoms with Gasteiger partial charge in [-0.25, -0.2) is 4.79 Å². The van der Waals surface area contributed by atoms with Crippen LogP contribution >= 0.6 is 0 Å². The molecule has 2 unspecified atom stereocenters. The highest BCUT2D eigenvalue weighted by molar-refractivity contribution is 5.91. The average molecular weight is 345 g/mol. The number of carbonyl (C=O) groups excluding carboxylic acids is 2. The van der Waals surface area contributed by atoms with Crippen LogP contribution < -0.4 is 4.74 Å². The van der Waals surface area contributed by atoms with Crippen LogP contribution in [-0.2, 0) is 9.53 Å². The number of likely N-dealkylation sites (tertiary alicyclic amines) is 1. The van der Waals surface area contributed by atoms with Crippen LogP contribution in [0.4, 0.5) is 0 Å². The lowest BCUT2D eigenvalue weighted by Gasteiger charge is -2.39. The average Bonchev–Trinajstić information content (AvgIpc) is 2.81. The Morgan fingerprint density at radius 2 is 2.00 bits per heavy atom. The molecule has 0 aromatic heterocycles. The van der Waals surface area contributed by atoms with E-state index < -0.39 is 5.97 Å². The highest BCUT2D eigenvalue weighted by atomic mass is 16.5. The van der Waals surface area contributed by atoms with Crippen LogP contribution in [0.2, 0.25) is 0 Å². The van der Waals surface area contributed by atoms with Crippen molar-refractivity contribution in [3.63, 3.8) is 0 Å². The van der Waals surface area contributed by atoms with E-state index in [2.05, 4.69) is 20.8 Å². The van der Waals surface area contributed by atoms with Crippen LogP contribution in [0.3, 0.4) is 0 Å². The molecule has 5 nitrogen and oxygen atoms in total. The summed E-state index contributed by atoms with van der Waals surface area (Å²) in [6.07, 6.45) is 3.19. The third kappa shape index (κ3) is 3.80. The largest absolute Gasteiger partial charge is 0.497 e. The molecule has 25 heavy (non-hydrogen) atoms. The molecule has 2 atom stereocenters. The predicted molar refractivity (Wildman–Crippen MR) is 94.5 cm³/mol. The fraction of sp³-hybridized carbons (Fsp3) is 0.600. The molecule has 1 aliphatic heterocycles. The van der Waals surface area contributed by atoms with Crippen molar-refractivity contribution in [1.82, 2.24) is 4.90 Å². The number of hydrogen-bond acceptors (Lipinski definition) is 4. The summed E-state index contributed by atoms with van der Waals surface area (Å²) in [5.74, 6) is -0.00657. The Bertz CT molecular complexity index is 684. The van der Waals surface area contributed by atoms with Crippen molar-refractivity contribution in [2.24, 2.45) is 10.8 Å². The Hall–Kier alpha value is -2.04. The van der Waals surface area contributed by atoms with Gasteiger partial charge in [-0.1, -0.05) is 26.8 Å². The number of amides is 1. The van der Waals surface area contributed by atoms with E-state index in [0.717, 1.165) is 25.8 Å². The van der Waals surface area contributed by atoms with Crippen molar-refractivity contribution in [3.8, 4) is 5.75 Å². The van der Waals surface area contributed by atoms with Crippen LogP contribution in [0.1, 0.15) is 50.4 Å². The summed E-state index contributed by atoms with van der Waals surface area (Å²) in [6, 6.07) is 7.01. The van der Waals surface area contributed by atoms with Gasteiger partial charge in [-0.15, -0.1) is 0 Å². The molecule has 2 aliphatic rings. The van der Waals surface area contributed by atoms with Crippen molar-refractivity contribution >= 4 is 11.9 Å². The van der Waals surface area contributed by atoms with E-state index in [4.69, 9.17) is 9.47 Å². The Kier molecular flexibility index (Phi) is 4.52. The van der Waals surface area contributed by atoms with Gasteiger partial charge in [0, 0.05) is 12.6 Å². The summed E-state index contributed by atoms with van der Waals surface area (Å²) in [5, 5.41) is 0. The number of benzene rings is 1. The molecule has 5 heteroatoms. The van der Waals surface area contributed by atoms with E-state index in [1.807, 2.05) is 4.90 Å². The summed E-state index contributed by atoms with van der Waals surface area (Å²) in [5.41, 5.74) is 0.823. The predicted octanol–water partition coefficient (Wildman–Crippen LogP) is 3.28. The third-order valence-corrected chi connectivity index (χ3v) is 5.37. The van der Waals surface area contributed by atoms with Gasteiger partial charge in [0.15, 0.2) is 6.61 Å². The lowest BCUT2D eigenvalue weighted by atomic mass is 9.65. The minimum Gasteiger partial charge on any atom is -0.497 e. The molecule has 136 valence electrons. The van der Waals surface area contributed by atoms with Gasteiger partial charge in [0.1, 0.15) is 5.75 Å². The molecular formula is C20H27NO4. The molecule has 2 fully saturated rings. The topological polar surface area (TPSA) is 55.8 Å². The first kappa shape index (κ1) is 17.8. The quantitative estimate of drug-likeness (QED) is 0.786. The van der Waals surface area contributed by atoms with E-state index in [1.54, 1.807) is 31.4 Å². The fourth-order valence-corrected chi connectivity index (χ4v) is 4.80. The van der Waals surface area contributed by atoms with Crippen LogP contribution in [0.15, 0.2) is 24.3 Å². The zero-order valence-electron chi connectivity index (χ0n) is 15.5. The summed E-state index contributed by atoms with van der Waals surface area (Å²) in [4.78, 5) is 26.7. The first-order chi connectivity index (χ1) is 11.7. The van der Waals surface area contributed by atoms with Crippen molar-refractivity contribution < 1.29 is 19.1 Å². The second-order valence-electron chi connectivity index (χ2n) is 8.54. The van der Waals surface area contributed by atoms with E-state index in [9.17, 15) is 9.59 Å². The molecule has 1 aliphatic carbocycles. The van der Waals surface area contributed by atoms with Gasteiger partial charge in [0.05, 0.1) is 12.7 Å². The second-order valence-corrected chi connectivity index (χ2v) is 8.54. The number of methoxy groups -OCH3 is 1. The van der Waals surface area contributed by atoms with E-state index in [1.165, 1.54) is 0 Å². The molecule has 1 aromatic carbocycles. The fourth-order valence-electron chi connectivity index (χ4n) is 4.80. The minimum absolute atomic E-state index is 0.0947. The lowest BCUT2D eigenvalue weighted by molar-refractivity contribution is -0.135. The Morgan fingerprint density at radius 3 is 2.72 bits per heavy atom. The number of ether oxygens (including phenoxy) is 2. The van der Waals surface area contributed by atoms with Crippen LogP contribution in [0, 0.1) is 10.8 Å². The minimum atomic E-state index is -0.499. The molecule has 0 spiro atoms. The highest BCUT2D eigenvalue weighted by Crippen LogP contribution is 2.52. The maximum atomic E-state index is 12.6. The smallest absolute Gasteiger partial charge is 0.338 e. The lowest BCUT2D eigenvalue weighted by Crippen LogP contribution is -2.39. The van der Waals surface area contributed by atoms with Crippen molar-refractivity contribution in [2.45, 2.75) is 46.1 Å². The van der Waals surface area contributed by atoms with Crippen molar-refractivity contribution in [1.29, 1.82) is 0 Å². The van der Waals surface area contributed by atoms with Crippen molar-refractivity contribution in [3.05, 3.63) is 29.8 Å². The number of rotatable bonds is 4. The molecular weight excluding hydrogens is 318 g/mol. The van der Waals surface area contributed by atoms with Crippen LogP contribution in [-0.4, -0.2) is 43.1 Å². The molecule has 1 saturated carbocycles. The summed E-state index contributed by atoms with van der Waals surface area (Å²) < 4.78 is 10.4.